The maximum Gasteiger partial charge on any atom is 0.163 e. The molecule has 0 saturated heterocycles. The zero-order valence-corrected chi connectivity index (χ0v) is 23.1. The van der Waals surface area contributed by atoms with Crippen LogP contribution in [-0.4, -0.2) is 29.9 Å². The van der Waals surface area contributed by atoms with Crippen LogP contribution in [0.1, 0.15) is 25.5 Å². The van der Waals surface area contributed by atoms with Crippen LogP contribution in [0, 0.1) is 23.3 Å². The molecule has 10 heteroatoms. The first-order chi connectivity index (χ1) is 20.9. The minimum Gasteiger partial charge on any atom is -0.213 e. The van der Waals surface area contributed by atoms with Gasteiger partial charge >= 0.3 is 0 Å². The van der Waals surface area contributed by atoms with E-state index in [2.05, 4.69) is 29.9 Å². The third-order valence-electron chi connectivity index (χ3n) is 6.09. The van der Waals surface area contributed by atoms with Crippen molar-refractivity contribution in [3.05, 3.63) is 132 Å². The lowest BCUT2D eigenvalue weighted by molar-refractivity contribution is 0.627. The Morgan fingerprint density at radius 1 is 0.349 bits per heavy atom. The number of hydrogen-bond acceptors (Lipinski definition) is 6. The first-order valence-corrected chi connectivity index (χ1v) is 13.4. The smallest absolute Gasteiger partial charge is 0.163 e. The maximum atomic E-state index is 13.6. The van der Waals surface area contributed by atoms with Crippen LogP contribution >= 0.6 is 0 Å². The largest absolute Gasteiger partial charge is 0.213 e. The molecule has 0 atom stereocenters. The Morgan fingerprint density at radius 3 is 0.767 bits per heavy atom. The van der Waals surface area contributed by atoms with Gasteiger partial charge in [-0.1, -0.05) is 13.8 Å². The molecule has 0 bridgehead atoms. The van der Waals surface area contributed by atoms with Crippen molar-refractivity contribution in [3.63, 3.8) is 0 Å². The monoisotopic (exact) mass is 580 g/mol. The van der Waals surface area contributed by atoms with Gasteiger partial charge in [-0.25, -0.2) is 47.5 Å². The number of aromatic nitrogens is 6. The second-order valence-corrected chi connectivity index (χ2v) is 9.00. The molecule has 2 aromatic heterocycles. The second kappa shape index (κ2) is 13.1. The highest BCUT2D eigenvalue weighted by molar-refractivity contribution is 5.62. The third kappa shape index (κ3) is 7.10. The van der Waals surface area contributed by atoms with E-state index < -0.39 is 23.3 Å². The molecular formula is C33H24F4N6. The Kier molecular flexibility index (Phi) is 8.85. The number of hydrogen-bond donors (Lipinski definition) is 0. The fourth-order valence-corrected chi connectivity index (χ4v) is 4.05. The molecule has 6 aromatic rings. The van der Waals surface area contributed by atoms with Gasteiger partial charge in [0.05, 0.1) is 6.42 Å². The van der Waals surface area contributed by atoms with Gasteiger partial charge in [0.1, 0.15) is 34.9 Å². The summed E-state index contributed by atoms with van der Waals surface area (Å²) >= 11 is 0. The number of halogens is 4. The van der Waals surface area contributed by atoms with Gasteiger partial charge in [-0.05, 0) is 97.1 Å². The van der Waals surface area contributed by atoms with Gasteiger partial charge in [-0.15, -0.1) is 0 Å². The van der Waals surface area contributed by atoms with Crippen molar-refractivity contribution < 1.29 is 17.6 Å². The van der Waals surface area contributed by atoms with Gasteiger partial charge in [0, 0.05) is 22.3 Å². The molecule has 214 valence electrons. The fourth-order valence-electron chi connectivity index (χ4n) is 4.05. The second-order valence-electron chi connectivity index (χ2n) is 9.00. The molecule has 6 nitrogen and oxygen atoms in total. The minimum atomic E-state index is -0.409. The number of benzene rings is 4. The van der Waals surface area contributed by atoms with Crippen molar-refractivity contribution in [2.75, 3.05) is 0 Å². The summed E-state index contributed by atoms with van der Waals surface area (Å²) in [5.41, 5.74) is 2.20. The summed E-state index contributed by atoms with van der Waals surface area (Å²) in [7, 11) is 0. The van der Waals surface area contributed by atoms with Crippen LogP contribution in [0.15, 0.2) is 97.1 Å². The molecule has 2 heterocycles. The van der Waals surface area contributed by atoms with E-state index in [9.17, 15) is 17.6 Å². The quantitative estimate of drug-likeness (QED) is 0.187. The summed E-state index contributed by atoms with van der Waals surface area (Å²) in [4.78, 5) is 27.4. The van der Waals surface area contributed by atoms with Crippen molar-refractivity contribution in [2.24, 2.45) is 0 Å². The molecule has 0 unspecified atom stereocenters. The summed E-state index contributed by atoms with van der Waals surface area (Å²) in [5.74, 6) is 0.0630. The molecule has 0 spiro atoms. The van der Waals surface area contributed by atoms with E-state index in [1.54, 1.807) is 48.5 Å². The van der Waals surface area contributed by atoms with Crippen LogP contribution in [0.5, 0.6) is 0 Å². The van der Waals surface area contributed by atoms with E-state index in [4.69, 9.17) is 0 Å². The van der Waals surface area contributed by atoms with Gasteiger partial charge in [-0.3, -0.25) is 0 Å². The van der Waals surface area contributed by atoms with Crippen molar-refractivity contribution in [1.82, 2.24) is 29.9 Å². The van der Waals surface area contributed by atoms with Gasteiger partial charge in [0.25, 0.3) is 0 Å². The highest BCUT2D eigenvalue weighted by atomic mass is 19.1. The topological polar surface area (TPSA) is 77.3 Å². The lowest BCUT2D eigenvalue weighted by Crippen LogP contribution is -2.08. The summed E-state index contributed by atoms with van der Waals surface area (Å²) in [5, 5.41) is 0. The minimum absolute atomic E-state index is 0.0375. The van der Waals surface area contributed by atoms with E-state index in [-0.39, 0.29) is 29.7 Å². The molecule has 6 rings (SSSR count). The lowest BCUT2D eigenvalue weighted by Gasteiger charge is -2.10. The highest BCUT2D eigenvalue weighted by Crippen LogP contribution is 2.24. The SMILES string of the molecule is CC.Fc1ccc(-c2nc(Cc3nc(-c4ccc(F)cc4)nc(-c4ccc(F)cc4)n3)nc(-c3ccc(F)cc3)n2)cc1. The van der Waals surface area contributed by atoms with Crippen molar-refractivity contribution in [1.29, 1.82) is 0 Å². The molecule has 0 fully saturated rings. The van der Waals surface area contributed by atoms with Crippen LogP contribution in [0.4, 0.5) is 17.6 Å². The van der Waals surface area contributed by atoms with Crippen LogP contribution < -0.4 is 0 Å². The molecule has 0 N–H and O–H groups in total. The molecule has 0 amide bonds. The highest BCUT2D eigenvalue weighted by Gasteiger charge is 2.16. The Labute approximate surface area is 245 Å². The van der Waals surface area contributed by atoms with Gasteiger partial charge in [0.15, 0.2) is 23.3 Å². The normalized spacial score (nSPS) is 10.7. The molecule has 0 saturated carbocycles. The molecular weight excluding hydrogens is 556 g/mol. The van der Waals surface area contributed by atoms with Crippen LogP contribution in [0.2, 0.25) is 0 Å². The Bertz CT molecular complexity index is 1560. The van der Waals surface area contributed by atoms with E-state index in [0.29, 0.717) is 33.9 Å². The van der Waals surface area contributed by atoms with Crippen molar-refractivity contribution >= 4 is 0 Å². The Hall–Kier alpha value is -5.38. The zero-order chi connectivity index (χ0) is 30.3. The molecule has 0 aliphatic carbocycles. The van der Waals surface area contributed by atoms with Gasteiger partial charge in [0.2, 0.25) is 0 Å². The molecule has 0 aliphatic heterocycles. The predicted octanol–water partition coefficient (Wildman–Crippen LogP) is 7.90. The zero-order valence-electron chi connectivity index (χ0n) is 23.1. The predicted molar refractivity (Wildman–Crippen MR) is 155 cm³/mol. The summed E-state index contributed by atoms with van der Waals surface area (Å²) in [6.07, 6.45) is 0.0375. The average molecular weight is 581 g/mol. The fraction of sp³-hybridized carbons (Fsp3) is 0.0909. The van der Waals surface area contributed by atoms with Crippen molar-refractivity contribution in [2.45, 2.75) is 20.3 Å². The van der Waals surface area contributed by atoms with Gasteiger partial charge < -0.3 is 0 Å². The molecule has 0 radical (unpaired) electrons. The van der Waals surface area contributed by atoms with Crippen LogP contribution in [0.3, 0.4) is 0 Å². The Morgan fingerprint density at radius 2 is 0.558 bits per heavy atom. The number of rotatable bonds is 6. The van der Waals surface area contributed by atoms with Crippen LogP contribution in [-0.2, 0) is 6.42 Å². The lowest BCUT2D eigenvalue weighted by atomic mass is 10.1. The van der Waals surface area contributed by atoms with Crippen molar-refractivity contribution in [3.8, 4) is 45.6 Å². The molecule has 0 aliphatic rings. The summed E-state index contributed by atoms with van der Waals surface area (Å²) in [6.45, 7) is 4.00. The number of nitrogens with zero attached hydrogens (tertiary/aromatic N) is 6. The first-order valence-electron chi connectivity index (χ1n) is 13.4. The molecule has 4 aromatic carbocycles. The standard InChI is InChI=1S/C31H18F4N6.C2H6/c32-22-9-1-18(2-10-22)28-36-26(37-29(40-28)19-3-11-23(33)12-4-19)17-27-38-30(20-5-13-24(34)14-6-20)41-31(39-27)21-7-15-25(35)16-8-21;1-2/h1-16H,17H2;1-2H3. The Balaban J connectivity index is 0.00000180. The molecule has 43 heavy (non-hydrogen) atoms. The summed E-state index contributed by atoms with van der Waals surface area (Å²) in [6, 6.07) is 22.8. The van der Waals surface area contributed by atoms with Gasteiger partial charge in [-0.2, -0.15) is 0 Å². The van der Waals surface area contributed by atoms with E-state index in [1.165, 1.54) is 48.5 Å². The average Bonchev–Trinajstić information content (AvgIpc) is 3.03. The maximum absolute atomic E-state index is 13.6. The summed E-state index contributed by atoms with van der Waals surface area (Å²) < 4.78 is 54.4. The van der Waals surface area contributed by atoms with E-state index >= 15 is 0 Å². The third-order valence-corrected chi connectivity index (χ3v) is 6.09. The first kappa shape index (κ1) is 29.1. The van der Waals surface area contributed by atoms with E-state index in [0.717, 1.165) is 0 Å². The van der Waals surface area contributed by atoms with Crippen LogP contribution in [0.25, 0.3) is 45.6 Å². The van der Waals surface area contributed by atoms with E-state index in [1.807, 2.05) is 13.8 Å².